The number of benzene rings is 2. The number of nitrogens with one attached hydrogen (secondary N) is 2. The first-order valence-electron chi connectivity index (χ1n) is 10.7. The van der Waals surface area contributed by atoms with E-state index in [4.69, 9.17) is 15.8 Å². The summed E-state index contributed by atoms with van der Waals surface area (Å²) >= 11 is 6.93. The average molecular weight is 475 g/mol. The second kappa shape index (κ2) is 10.1. The third-order valence-electron chi connectivity index (χ3n) is 6.11. The minimum absolute atomic E-state index is 0.132. The van der Waals surface area contributed by atoms with Crippen LogP contribution in [0, 0.1) is 0 Å². The highest BCUT2D eigenvalue weighted by molar-refractivity contribution is 7.92. The topological polar surface area (TPSA) is 73.9 Å². The molecule has 9 heteroatoms. The first-order valence-corrected chi connectivity index (χ1v) is 11.7. The zero-order valence-corrected chi connectivity index (χ0v) is 19.5. The van der Waals surface area contributed by atoms with Gasteiger partial charge in [0.1, 0.15) is 0 Å². The molecule has 1 atom stereocenters. The minimum Gasteiger partial charge on any atom is -0.358 e. The van der Waals surface area contributed by atoms with Crippen molar-refractivity contribution in [2.24, 2.45) is 0 Å². The molecule has 2 aromatic carbocycles. The smallest absolute Gasteiger partial charge is 0.358 e. The first kappa shape index (κ1) is 22.9. The van der Waals surface area contributed by atoms with Crippen molar-refractivity contribution in [1.82, 2.24) is 19.8 Å². The number of hydrogen-bond donors (Lipinski definition) is 2. The summed E-state index contributed by atoms with van der Waals surface area (Å²) in [6, 6.07) is 17.1. The van der Waals surface area contributed by atoms with Crippen LogP contribution in [0.5, 0.6) is 0 Å². The van der Waals surface area contributed by atoms with E-state index in [0.717, 1.165) is 36.2 Å². The number of piperidine rings is 1. The monoisotopic (exact) mass is 474 g/mol. The van der Waals surface area contributed by atoms with E-state index in [1.165, 1.54) is 0 Å². The molecule has 2 aromatic rings. The molecule has 2 aliphatic heterocycles. The number of carbonyl (C=O) groups excluding carboxylic acids is 2. The second-order valence-corrected chi connectivity index (χ2v) is 9.44. The molecule has 0 saturated carbocycles. The molecule has 2 N–H and O–H groups in total. The average Bonchev–Trinajstić information content (AvgIpc) is 3.03. The highest BCUT2D eigenvalue weighted by atomic mass is 35.5. The number of carbonyl (C=O) groups is 2. The molecule has 2 saturated heterocycles. The quantitative estimate of drug-likeness (QED) is 0.492. The Bertz CT molecular complexity index is 936. The van der Waals surface area contributed by atoms with Crippen molar-refractivity contribution in [3.63, 3.8) is 0 Å². The zero-order chi connectivity index (χ0) is 22.6. The Kier molecular flexibility index (Phi) is 7.25. The van der Waals surface area contributed by atoms with Gasteiger partial charge in [-0.05, 0) is 42.5 Å². The largest absolute Gasteiger partial charge is 0.420 e. The molecule has 0 aliphatic carbocycles. The second-order valence-electron chi connectivity index (χ2n) is 8.17. The van der Waals surface area contributed by atoms with Crippen LogP contribution in [-0.4, -0.2) is 53.0 Å². The molecule has 1 unspecified atom stereocenters. The predicted molar refractivity (Wildman–Crippen MR) is 126 cm³/mol. The van der Waals surface area contributed by atoms with E-state index in [2.05, 4.69) is 22.8 Å². The number of hydrogen-bond acceptors (Lipinski definition) is 6. The Morgan fingerprint density at radius 3 is 2.53 bits per heavy atom. The van der Waals surface area contributed by atoms with Gasteiger partial charge in [-0.3, -0.25) is 10.1 Å². The van der Waals surface area contributed by atoms with Crippen LogP contribution >= 0.6 is 23.8 Å². The number of amides is 2. The lowest BCUT2D eigenvalue weighted by atomic mass is 9.97. The van der Waals surface area contributed by atoms with Crippen molar-refractivity contribution in [1.29, 1.82) is 0 Å². The summed E-state index contributed by atoms with van der Waals surface area (Å²) in [7, 11) is 1.88. The molecule has 0 bridgehead atoms. The van der Waals surface area contributed by atoms with E-state index in [9.17, 15) is 9.59 Å². The van der Waals surface area contributed by atoms with Crippen LogP contribution in [0.25, 0.3) is 0 Å². The van der Waals surface area contributed by atoms with E-state index in [0.29, 0.717) is 31.1 Å². The molecular formula is C23H27ClN4O3S. The van der Waals surface area contributed by atoms with Crippen molar-refractivity contribution in [2.45, 2.75) is 37.5 Å². The summed E-state index contributed by atoms with van der Waals surface area (Å²) in [5, 5.41) is 6.98. The maximum atomic E-state index is 12.8. The third kappa shape index (κ3) is 5.38. The molecule has 32 heavy (non-hydrogen) atoms. The van der Waals surface area contributed by atoms with E-state index >= 15 is 0 Å². The molecule has 4 rings (SSSR count). The van der Waals surface area contributed by atoms with Crippen molar-refractivity contribution in [2.75, 3.05) is 20.1 Å². The molecule has 0 radical (unpaired) electrons. The number of rotatable bonds is 6. The fourth-order valence-corrected chi connectivity index (χ4v) is 4.91. The van der Waals surface area contributed by atoms with Gasteiger partial charge >= 0.3 is 6.09 Å². The molecule has 170 valence electrons. The van der Waals surface area contributed by atoms with E-state index in [-0.39, 0.29) is 17.6 Å². The van der Waals surface area contributed by atoms with Gasteiger partial charge in [-0.1, -0.05) is 54.1 Å². The molecule has 7 nitrogen and oxygen atoms in total. The van der Waals surface area contributed by atoms with Crippen LogP contribution in [0.2, 0.25) is 5.02 Å². The summed E-state index contributed by atoms with van der Waals surface area (Å²) < 4.78 is 7.30. The van der Waals surface area contributed by atoms with Crippen molar-refractivity contribution in [3.8, 4) is 0 Å². The molecule has 2 amide bonds. The SMILES string of the molecule is CN1C(=O)C(Cc2ccccc2)NC12CCN(SOC(=O)NCc1ccc(Cl)cc1)CC2. The normalized spacial score (nSPS) is 20.5. The molecule has 2 heterocycles. The standard InChI is InChI=1S/C23H27ClN4O3S/c1-27-21(29)20(15-17-5-3-2-4-6-17)26-23(27)11-13-28(14-12-23)32-31-22(30)25-16-18-7-9-19(24)10-8-18/h2-10,20,26H,11-16H2,1H3,(H,25,30). The minimum atomic E-state index is -0.487. The van der Waals surface area contributed by atoms with Gasteiger partial charge in [0, 0.05) is 31.7 Å². The van der Waals surface area contributed by atoms with Gasteiger partial charge in [0.15, 0.2) is 12.2 Å². The molecule has 0 aromatic heterocycles. The Balaban J connectivity index is 1.22. The highest BCUT2D eigenvalue weighted by Gasteiger charge is 2.49. The molecule has 2 fully saturated rings. The number of halogens is 1. The van der Waals surface area contributed by atoms with Gasteiger partial charge in [-0.2, -0.15) is 0 Å². The van der Waals surface area contributed by atoms with Gasteiger partial charge < -0.3 is 14.4 Å². The summed E-state index contributed by atoms with van der Waals surface area (Å²) in [5.41, 5.74) is 1.75. The van der Waals surface area contributed by atoms with Crippen molar-refractivity contribution in [3.05, 3.63) is 70.7 Å². The summed E-state index contributed by atoms with van der Waals surface area (Å²) in [5.74, 6) is 0.132. The lowest BCUT2D eigenvalue weighted by Gasteiger charge is -2.42. The fourth-order valence-electron chi connectivity index (χ4n) is 4.22. The van der Waals surface area contributed by atoms with Crippen LogP contribution in [0.15, 0.2) is 54.6 Å². The van der Waals surface area contributed by atoms with E-state index < -0.39 is 6.09 Å². The zero-order valence-electron chi connectivity index (χ0n) is 17.9. The van der Waals surface area contributed by atoms with Gasteiger partial charge in [0.25, 0.3) is 0 Å². The summed E-state index contributed by atoms with van der Waals surface area (Å²) in [6.45, 7) is 1.79. The molecule has 2 aliphatic rings. The Morgan fingerprint density at radius 1 is 1.16 bits per heavy atom. The number of nitrogens with zero attached hydrogens (tertiary/aromatic N) is 2. The Hall–Kier alpha value is -2.26. The maximum absolute atomic E-state index is 12.8. The van der Waals surface area contributed by atoms with Gasteiger partial charge in [-0.25, -0.2) is 9.10 Å². The summed E-state index contributed by atoms with van der Waals surface area (Å²) in [6.07, 6.45) is 1.73. The Labute approximate surface area is 197 Å². The van der Waals surface area contributed by atoms with Gasteiger partial charge in [0.2, 0.25) is 5.91 Å². The van der Waals surface area contributed by atoms with Crippen LogP contribution in [0.1, 0.15) is 24.0 Å². The highest BCUT2D eigenvalue weighted by Crippen LogP contribution is 2.34. The first-order chi connectivity index (χ1) is 15.4. The molecule has 1 spiro atoms. The van der Waals surface area contributed by atoms with Crippen LogP contribution in [0.3, 0.4) is 0 Å². The van der Waals surface area contributed by atoms with Gasteiger partial charge in [-0.15, -0.1) is 0 Å². The maximum Gasteiger partial charge on any atom is 0.420 e. The van der Waals surface area contributed by atoms with Crippen LogP contribution < -0.4 is 10.6 Å². The van der Waals surface area contributed by atoms with Crippen LogP contribution in [-0.2, 0) is 21.9 Å². The van der Waals surface area contributed by atoms with Crippen molar-refractivity contribution < 1.29 is 13.8 Å². The van der Waals surface area contributed by atoms with E-state index in [1.54, 1.807) is 12.1 Å². The lowest BCUT2D eigenvalue weighted by molar-refractivity contribution is -0.131. The predicted octanol–water partition coefficient (Wildman–Crippen LogP) is 3.59. The van der Waals surface area contributed by atoms with E-state index in [1.807, 2.05) is 46.6 Å². The third-order valence-corrected chi connectivity index (χ3v) is 7.17. The number of likely N-dealkylation sites (N-methyl/N-ethyl adjacent to an activating group) is 1. The van der Waals surface area contributed by atoms with Crippen molar-refractivity contribution >= 4 is 35.8 Å². The molecular weight excluding hydrogens is 448 g/mol. The van der Waals surface area contributed by atoms with Crippen LogP contribution in [0.4, 0.5) is 4.79 Å². The fraction of sp³-hybridized carbons (Fsp3) is 0.391. The lowest BCUT2D eigenvalue weighted by Crippen LogP contribution is -2.57. The Morgan fingerprint density at radius 2 is 1.84 bits per heavy atom. The van der Waals surface area contributed by atoms with Gasteiger partial charge in [0.05, 0.1) is 11.7 Å². The summed E-state index contributed by atoms with van der Waals surface area (Å²) in [4.78, 5) is 26.7.